The number of aromatic carboxylic acids is 1. The molecule has 0 spiro atoms. The Kier molecular flexibility index (Phi) is 3.19. The Labute approximate surface area is 113 Å². The van der Waals surface area contributed by atoms with Gasteiger partial charge in [-0.05, 0) is 57.0 Å². The highest BCUT2D eigenvalue weighted by atomic mass is 16.5. The number of hydrogen-bond acceptors (Lipinski definition) is 3. The molecule has 2 fully saturated rings. The van der Waals surface area contributed by atoms with Gasteiger partial charge >= 0.3 is 5.97 Å². The molecule has 2 aliphatic rings. The number of carbonyl (C=O) groups is 1. The van der Waals surface area contributed by atoms with Crippen molar-refractivity contribution in [3.05, 3.63) is 29.8 Å². The molecule has 4 nitrogen and oxygen atoms in total. The fraction of sp³-hybridized carbons (Fsp3) is 0.533. The zero-order valence-corrected chi connectivity index (χ0v) is 11.1. The second-order valence-electron chi connectivity index (χ2n) is 5.59. The normalized spacial score (nSPS) is 30.3. The summed E-state index contributed by atoms with van der Waals surface area (Å²) in [6, 6.07) is 8.01. The molecule has 2 bridgehead atoms. The molecule has 1 aromatic carbocycles. The van der Waals surface area contributed by atoms with Crippen LogP contribution in [-0.2, 0) is 0 Å². The molecule has 0 amide bonds. The van der Waals surface area contributed by atoms with Crippen LogP contribution in [0, 0.1) is 0 Å². The number of carboxylic acids is 1. The number of fused-ring (bicyclic) bond motifs is 2. The van der Waals surface area contributed by atoms with Gasteiger partial charge in [0.2, 0.25) is 0 Å². The molecule has 0 radical (unpaired) electrons. The van der Waals surface area contributed by atoms with Crippen LogP contribution in [0.3, 0.4) is 0 Å². The van der Waals surface area contributed by atoms with Crippen molar-refractivity contribution >= 4 is 5.97 Å². The minimum Gasteiger partial charge on any atom is -0.490 e. The maximum Gasteiger partial charge on any atom is 0.335 e. The topological polar surface area (TPSA) is 49.8 Å². The number of hydrogen-bond donors (Lipinski definition) is 1. The van der Waals surface area contributed by atoms with Crippen LogP contribution in [0.25, 0.3) is 0 Å². The smallest absolute Gasteiger partial charge is 0.335 e. The zero-order valence-electron chi connectivity index (χ0n) is 11.1. The van der Waals surface area contributed by atoms with Gasteiger partial charge in [0.15, 0.2) is 0 Å². The van der Waals surface area contributed by atoms with E-state index in [0.717, 1.165) is 18.6 Å². The number of rotatable bonds is 3. The molecule has 19 heavy (non-hydrogen) atoms. The van der Waals surface area contributed by atoms with Crippen LogP contribution in [0.15, 0.2) is 24.3 Å². The monoisotopic (exact) mass is 261 g/mol. The highest BCUT2D eigenvalue weighted by Crippen LogP contribution is 2.35. The molecular weight excluding hydrogens is 242 g/mol. The lowest BCUT2D eigenvalue weighted by Gasteiger charge is -2.36. The fourth-order valence-corrected chi connectivity index (χ4v) is 3.33. The lowest BCUT2D eigenvalue weighted by molar-refractivity contribution is 0.0661. The third-order valence-electron chi connectivity index (χ3n) is 4.46. The summed E-state index contributed by atoms with van der Waals surface area (Å²) in [5.74, 6) is -0.122. The van der Waals surface area contributed by atoms with Gasteiger partial charge in [-0.2, -0.15) is 0 Å². The molecule has 2 aliphatic heterocycles. The summed E-state index contributed by atoms with van der Waals surface area (Å²) in [7, 11) is 2.21. The van der Waals surface area contributed by atoms with Crippen molar-refractivity contribution in [1.82, 2.24) is 4.90 Å². The highest BCUT2D eigenvalue weighted by Gasteiger charge is 2.39. The van der Waals surface area contributed by atoms with Crippen LogP contribution in [0.5, 0.6) is 5.75 Å². The van der Waals surface area contributed by atoms with Gasteiger partial charge in [-0.3, -0.25) is 0 Å². The fourth-order valence-electron chi connectivity index (χ4n) is 3.33. The Morgan fingerprint density at radius 3 is 2.32 bits per heavy atom. The summed E-state index contributed by atoms with van der Waals surface area (Å²) < 4.78 is 6.00. The Morgan fingerprint density at radius 2 is 1.79 bits per heavy atom. The Morgan fingerprint density at radius 1 is 1.21 bits per heavy atom. The van der Waals surface area contributed by atoms with Crippen LogP contribution in [0.2, 0.25) is 0 Å². The largest absolute Gasteiger partial charge is 0.490 e. The summed E-state index contributed by atoms with van der Waals surface area (Å²) in [6.45, 7) is 0. The van der Waals surface area contributed by atoms with E-state index in [1.54, 1.807) is 24.3 Å². The van der Waals surface area contributed by atoms with E-state index in [4.69, 9.17) is 9.84 Å². The van der Waals surface area contributed by atoms with Gasteiger partial charge in [0.1, 0.15) is 11.9 Å². The van der Waals surface area contributed by atoms with Crippen molar-refractivity contribution in [2.45, 2.75) is 43.9 Å². The van der Waals surface area contributed by atoms with Gasteiger partial charge in [-0.15, -0.1) is 0 Å². The van der Waals surface area contributed by atoms with Crippen molar-refractivity contribution in [2.24, 2.45) is 0 Å². The molecule has 1 aromatic rings. The van der Waals surface area contributed by atoms with Gasteiger partial charge in [-0.1, -0.05) is 0 Å². The summed E-state index contributed by atoms with van der Waals surface area (Å²) in [6.07, 6.45) is 4.98. The van der Waals surface area contributed by atoms with Crippen LogP contribution >= 0.6 is 0 Å². The average molecular weight is 261 g/mol. The Balaban J connectivity index is 1.64. The van der Waals surface area contributed by atoms with E-state index in [0.29, 0.717) is 17.6 Å². The molecule has 3 rings (SSSR count). The van der Waals surface area contributed by atoms with Crippen molar-refractivity contribution in [1.29, 1.82) is 0 Å². The molecule has 2 atom stereocenters. The number of ether oxygens (including phenoxy) is 1. The van der Waals surface area contributed by atoms with Crippen molar-refractivity contribution < 1.29 is 14.6 Å². The van der Waals surface area contributed by atoms with E-state index in [1.165, 1.54) is 12.8 Å². The first-order valence-corrected chi connectivity index (χ1v) is 6.85. The molecule has 102 valence electrons. The molecule has 2 heterocycles. The summed E-state index contributed by atoms with van der Waals surface area (Å²) >= 11 is 0. The standard InChI is InChI=1S/C15H19NO3/c1-16-11-4-5-12(16)9-14(8-11)19-13-6-2-10(3-7-13)15(17)18/h2-3,6-7,11-12,14H,4-5,8-9H2,1H3,(H,17,18). The van der Waals surface area contributed by atoms with E-state index in [1.807, 2.05) is 0 Å². The van der Waals surface area contributed by atoms with Crippen molar-refractivity contribution in [3.63, 3.8) is 0 Å². The first-order valence-electron chi connectivity index (χ1n) is 6.85. The van der Waals surface area contributed by atoms with Gasteiger partial charge in [0.05, 0.1) is 5.56 Å². The summed E-state index contributed by atoms with van der Waals surface area (Å²) in [4.78, 5) is 13.3. The number of benzene rings is 1. The number of piperidine rings is 1. The molecular formula is C15H19NO3. The number of carboxylic acid groups (broad SMARTS) is 1. The molecule has 0 aromatic heterocycles. The van der Waals surface area contributed by atoms with Gasteiger partial charge in [0.25, 0.3) is 0 Å². The van der Waals surface area contributed by atoms with E-state index in [9.17, 15) is 4.79 Å². The lowest BCUT2D eigenvalue weighted by atomic mass is 10.0. The minimum absolute atomic E-state index is 0.268. The number of nitrogens with zero attached hydrogens (tertiary/aromatic N) is 1. The van der Waals surface area contributed by atoms with Gasteiger partial charge in [-0.25, -0.2) is 4.79 Å². The first kappa shape index (κ1) is 12.5. The Hall–Kier alpha value is -1.55. The van der Waals surface area contributed by atoms with Gasteiger partial charge in [0, 0.05) is 12.1 Å². The molecule has 0 aliphatic carbocycles. The highest BCUT2D eigenvalue weighted by molar-refractivity contribution is 5.87. The zero-order chi connectivity index (χ0) is 13.4. The minimum atomic E-state index is -0.899. The molecule has 4 heteroatoms. The summed E-state index contributed by atoms with van der Waals surface area (Å²) in [5, 5.41) is 8.86. The van der Waals surface area contributed by atoms with Crippen molar-refractivity contribution in [2.75, 3.05) is 7.05 Å². The molecule has 1 N–H and O–H groups in total. The Bertz CT molecular complexity index is 457. The van der Waals surface area contributed by atoms with Crippen LogP contribution < -0.4 is 4.74 Å². The maximum atomic E-state index is 10.8. The molecule has 2 saturated heterocycles. The second-order valence-corrected chi connectivity index (χ2v) is 5.59. The van der Waals surface area contributed by atoms with Gasteiger partial charge < -0.3 is 14.7 Å². The quantitative estimate of drug-likeness (QED) is 0.907. The average Bonchev–Trinajstić information content (AvgIpc) is 2.63. The second kappa shape index (κ2) is 4.85. The van der Waals surface area contributed by atoms with Crippen molar-refractivity contribution in [3.8, 4) is 5.75 Å². The van der Waals surface area contributed by atoms with Crippen LogP contribution in [-0.4, -0.2) is 41.2 Å². The molecule has 0 saturated carbocycles. The summed E-state index contributed by atoms with van der Waals surface area (Å²) in [5.41, 5.74) is 0.302. The SMILES string of the molecule is CN1C2CCC1CC(Oc1ccc(C(=O)O)cc1)C2. The van der Waals surface area contributed by atoms with Crippen LogP contribution in [0.4, 0.5) is 0 Å². The first-order chi connectivity index (χ1) is 9.13. The van der Waals surface area contributed by atoms with E-state index in [2.05, 4.69) is 11.9 Å². The third kappa shape index (κ3) is 2.45. The predicted molar refractivity (Wildman–Crippen MR) is 71.6 cm³/mol. The predicted octanol–water partition coefficient (Wildman–Crippen LogP) is 2.39. The van der Waals surface area contributed by atoms with E-state index < -0.39 is 5.97 Å². The molecule has 2 unspecified atom stereocenters. The maximum absolute atomic E-state index is 10.8. The van der Waals surface area contributed by atoms with Crippen LogP contribution in [0.1, 0.15) is 36.0 Å². The van der Waals surface area contributed by atoms with E-state index >= 15 is 0 Å². The van der Waals surface area contributed by atoms with E-state index in [-0.39, 0.29) is 6.10 Å². The lowest BCUT2D eigenvalue weighted by Crippen LogP contribution is -2.43. The third-order valence-corrected chi connectivity index (χ3v) is 4.46.